The highest BCUT2D eigenvalue weighted by Crippen LogP contribution is 2.20. The van der Waals surface area contributed by atoms with Crippen molar-refractivity contribution in [1.82, 2.24) is 9.55 Å². The predicted octanol–water partition coefficient (Wildman–Crippen LogP) is 0.708. The van der Waals surface area contributed by atoms with Crippen LogP contribution in [0.2, 0.25) is 5.02 Å². The predicted molar refractivity (Wildman–Crippen MR) is 134 cm³/mol. The first-order valence-corrected chi connectivity index (χ1v) is 11.8. The molecule has 0 amide bonds. The van der Waals surface area contributed by atoms with Crippen LogP contribution in [0.3, 0.4) is 0 Å². The molecule has 0 radical (unpaired) electrons. The first-order chi connectivity index (χ1) is 16.5. The summed E-state index contributed by atoms with van der Waals surface area (Å²) in [4.78, 5) is 16.9. The summed E-state index contributed by atoms with van der Waals surface area (Å²) in [6.07, 6.45) is 1.81. The largest absolute Gasteiger partial charge is 1.00 e. The van der Waals surface area contributed by atoms with Gasteiger partial charge in [-0.2, -0.15) is 0 Å². The Bertz CT molecular complexity index is 1280. The molecule has 184 valence electrons. The number of ether oxygens (including phenoxy) is 1. The van der Waals surface area contributed by atoms with Gasteiger partial charge in [0.05, 0.1) is 23.8 Å². The van der Waals surface area contributed by atoms with Crippen molar-refractivity contribution in [2.45, 2.75) is 38.6 Å². The van der Waals surface area contributed by atoms with Crippen LogP contribution < -0.4 is 28.0 Å². The minimum Gasteiger partial charge on any atom is -1.00 e. The summed E-state index contributed by atoms with van der Waals surface area (Å²) in [5, 5.41) is 14.2. The van der Waals surface area contributed by atoms with E-state index < -0.39 is 6.10 Å². The summed E-state index contributed by atoms with van der Waals surface area (Å²) in [6.45, 7) is 3.84. The Hall–Kier alpha value is -2.90. The maximum absolute atomic E-state index is 12.6. The van der Waals surface area contributed by atoms with E-state index in [1.807, 2.05) is 73.7 Å². The van der Waals surface area contributed by atoms with E-state index in [1.165, 1.54) is 0 Å². The number of fused-ring (bicyclic) bond motifs is 1. The molecule has 0 saturated carbocycles. The van der Waals surface area contributed by atoms with Gasteiger partial charge in [-0.25, -0.2) is 4.98 Å². The van der Waals surface area contributed by atoms with Crippen molar-refractivity contribution in [3.63, 3.8) is 0 Å². The van der Waals surface area contributed by atoms with Crippen LogP contribution in [0, 0.1) is 0 Å². The lowest BCUT2D eigenvalue weighted by Gasteiger charge is -2.18. The number of benzene rings is 3. The molecular formula is C27H29Cl2N3O3. The Kier molecular flexibility index (Phi) is 9.69. The molecule has 0 fully saturated rings. The highest BCUT2D eigenvalue weighted by atomic mass is 35.5. The molecule has 8 heteroatoms. The highest BCUT2D eigenvalue weighted by Gasteiger charge is 2.19. The minimum atomic E-state index is -0.602. The molecule has 0 saturated heterocycles. The molecule has 2 atom stereocenters. The van der Waals surface area contributed by atoms with Gasteiger partial charge in [0.1, 0.15) is 24.5 Å². The minimum absolute atomic E-state index is 0. The van der Waals surface area contributed by atoms with E-state index in [-0.39, 0.29) is 24.0 Å². The lowest BCUT2D eigenvalue weighted by atomic mass is 10.0. The van der Waals surface area contributed by atoms with Crippen LogP contribution in [0.25, 0.3) is 10.9 Å². The van der Waals surface area contributed by atoms with Gasteiger partial charge in [-0.1, -0.05) is 48.0 Å². The molecule has 0 bridgehead atoms. The summed E-state index contributed by atoms with van der Waals surface area (Å²) in [6, 6.07) is 22.5. The summed E-state index contributed by atoms with van der Waals surface area (Å²) in [7, 11) is 0. The third-order valence-electron chi connectivity index (χ3n) is 5.91. The number of aliphatic hydroxyl groups is 1. The zero-order valence-corrected chi connectivity index (χ0v) is 21.0. The number of aromatic nitrogens is 2. The Morgan fingerprint density at radius 2 is 1.77 bits per heavy atom. The first-order valence-electron chi connectivity index (χ1n) is 11.4. The molecule has 0 spiro atoms. The van der Waals surface area contributed by atoms with Gasteiger partial charge in [-0.05, 0) is 54.4 Å². The van der Waals surface area contributed by atoms with Crippen molar-refractivity contribution in [1.29, 1.82) is 0 Å². The second-order valence-corrected chi connectivity index (χ2v) is 8.86. The first kappa shape index (κ1) is 26.7. The molecule has 0 aliphatic carbocycles. The molecule has 6 nitrogen and oxygen atoms in total. The van der Waals surface area contributed by atoms with Crippen molar-refractivity contribution in [3.8, 4) is 5.75 Å². The number of hydrogen-bond acceptors (Lipinski definition) is 4. The second kappa shape index (κ2) is 12.7. The topological polar surface area (TPSA) is 81.0 Å². The van der Waals surface area contributed by atoms with Crippen LogP contribution in [-0.4, -0.2) is 27.2 Å². The molecule has 3 aromatic carbocycles. The van der Waals surface area contributed by atoms with Crippen LogP contribution >= 0.6 is 11.6 Å². The van der Waals surface area contributed by atoms with E-state index in [1.54, 1.807) is 17.0 Å². The Labute approximate surface area is 216 Å². The molecule has 3 N–H and O–H groups in total. The molecule has 1 aromatic heterocycles. The van der Waals surface area contributed by atoms with E-state index in [4.69, 9.17) is 16.3 Å². The van der Waals surface area contributed by atoms with Gasteiger partial charge in [-0.3, -0.25) is 9.36 Å². The van der Waals surface area contributed by atoms with Gasteiger partial charge in [0, 0.05) is 18.0 Å². The summed E-state index contributed by atoms with van der Waals surface area (Å²) in [5.41, 5.74) is 2.58. The number of nitrogens with two attached hydrogens (primary N) is 1. The van der Waals surface area contributed by atoms with Crippen LogP contribution in [0.4, 0.5) is 0 Å². The van der Waals surface area contributed by atoms with E-state index >= 15 is 0 Å². The van der Waals surface area contributed by atoms with Gasteiger partial charge in [0.2, 0.25) is 0 Å². The van der Waals surface area contributed by atoms with Gasteiger partial charge >= 0.3 is 0 Å². The number of quaternary nitrogens is 1. The molecule has 4 rings (SSSR count). The number of aliphatic hydroxyl groups excluding tert-OH is 1. The van der Waals surface area contributed by atoms with Crippen LogP contribution in [-0.2, 0) is 13.2 Å². The smallest absolute Gasteiger partial charge is 0.261 e. The summed E-state index contributed by atoms with van der Waals surface area (Å²) >= 11 is 5.91. The third-order valence-corrected chi connectivity index (χ3v) is 6.16. The van der Waals surface area contributed by atoms with Crippen molar-refractivity contribution in [2.75, 3.05) is 6.54 Å². The monoisotopic (exact) mass is 513 g/mol. The van der Waals surface area contributed by atoms with E-state index in [9.17, 15) is 9.90 Å². The van der Waals surface area contributed by atoms with Crippen molar-refractivity contribution in [2.24, 2.45) is 0 Å². The number of halogens is 2. The maximum Gasteiger partial charge on any atom is 0.261 e. The summed E-state index contributed by atoms with van der Waals surface area (Å²) in [5.74, 6) is 0.747. The zero-order chi connectivity index (χ0) is 23.9. The fourth-order valence-electron chi connectivity index (χ4n) is 3.85. The van der Waals surface area contributed by atoms with E-state index in [2.05, 4.69) is 10.3 Å². The molecule has 35 heavy (non-hydrogen) atoms. The lowest BCUT2D eigenvalue weighted by Crippen LogP contribution is -3.00. The fourth-order valence-corrected chi connectivity index (χ4v) is 3.97. The average molecular weight is 514 g/mol. The molecule has 4 aromatic rings. The molecule has 0 aliphatic heterocycles. The highest BCUT2D eigenvalue weighted by molar-refractivity contribution is 6.30. The number of para-hydroxylation sites is 1. The van der Waals surface area contributed by atoms with Gasteiger partial charge in [0.15, 0.2) is 0 Å². The normalized spacial score (nSPS) is 12.7. The lowest BCUT2D eigenvalue weighted by molar-refractivity contribution is -0.694. The zero-order valence-electron chi connectivity index (χ0n) is 19.5. The fraction of sp³-hybridized carbons (Fsp3) is 0.259. The number of nitrogens with zero attached hydrogens (tertiary/aromatic N) is 2. The van der Waals surface area contributed by atoms with E-state index in [0.717, 1.165) is 29.8 Å². The third kappa shape index (κ3) is 7.05. The number of aryl methyl sites for hydroxylation is 1. The van der Waals surface area contributed by atoms with Crippen LogP contribution in [0.15, 0.2) is 83.9 Å². The standard InChI is InChI=1S/C27H28ClN3O3.ClH/c1-19(29-15-4-16-31-18-30-25-6-3-2-5-24(25)27(31)33)26(32)21-9-13-23(14-10-21)34-17-20-7-11-22(28)12-8-20;/h2-3,5-14,18-19,26,29,32H,4,15-17H2,1H3;1H. The van der Waals surface area contributed by atoms with E-state index in [0.29, 0.717) is 29.1 Å². The van der Waals surface area contributed by atoms with Crippen LogP contribution in [0.5, 0.6) is 5.75 Å². The Balaban J connectivity index is 0.00000342. The second-order valence-electron chi connectivity index (χ2n) is 8.43. The Morgan fingerprint density at radius 3 is 2.51 bits per heavy atom. The van der Waals surface area contributed by atoms with Crippen molar-refractivity contribution < 1.29 is 27.6 Å². The van der Waals surface area contributed by atoms with Crippen LogP contribution in [0.1, 0.15) is 30.6 Å². The van der Waals surface area contributed by atoms with Gasteiger partial charge in [-0.15, -0.1) is 0 Å². The van der Waals surface area contributed by atoms with Gasteiger partial charge in [0.25, 0.3) is 5.56 Å². The molecule has 0 aliphatic rings. The molecule has 1 heterocycles. The SMILES string of the molecule is CC([NH2+]CCCn1cnc2ccccc2c1=O)C(O)c1ccc(OCc2ccc(Cl)cc2)cc1.[Cl-]. The maximum atomic E-state index is 12.6. The average Bonchev–Trinajstić information content (AvgIpc) is 2.87. The Morgan fingerprint density at radius 1 is 1.06 bits per heavy atom. The van der Waals surface area contributed by atoms with Crippen molar-refractivity contribution in [3.05, 3.63) is 106 Å². The molecule has 2 unspecified atom stereocenters. The molecular weight excluding hydrogens is 485 g/mol. The number of rotatable bonds is 10. The summed E-state index contributed by atoms with van der Waals surface area (Å²) < 4.78 is 7.47. The number of hydrogen-bond donors (Lipinski definition) is 2. The quantitative estimate of drug-likeness (QED) is 0.306. The van der Waals surface area contributed by atoms with Crippen molar-refractivity contribution >= 4 is 22.5 Å². The van der Waals surface area contributed by atoms with Gasteiger partial charge < -0.3 is 27.6 Å².